The number of hydrogen-bond donors (Lipinski definition) is 4. The molecule has 1 unspecified atom stereocenters. The Balaban J connectivity index is 1.50. The lowest BCUT2D eigenvalue weighted by Gasteiger charge is -2.27. The summed E-state index contributed by atoms with van der Waals surface area (Å²) in [6.07, 6.45) is 5.08. The predicted molar refractivity (Wildman–Crippen MR) is 139 cm³/mol. The quantitative estimate of drug-likeness (QED) is 0.257. The van der Waals surface area contributed by atoms with E-state index >= 15 is 0 Å². The molecule has 1 atom stereocenters. The van der Waals surface area contributed by atoms with Gasteiger partial charge in [0.2, 0.25) is 0 Å². The van der Waals surface area contributed by atoms with Gasteiger partial charge in [0.25, 0.3) is 5.56 Å². The monoisotopic (exact) mass is 501 g/mol. The number of nitrogens with zero attached hydrogens (tertiary/aromatic N) is 6. The summed E-state index contributed by atoms with van der Waals surface area (Å²) in [7, 11) is 0. The number of morpholine rings is 1. The molecule has 12 heteroatoms. The van der Waals surface area contributed by atoms with Crippen molar-refractivity contribution in [3.8, 4) is 11.4 Å². The van der Waals surface area contributed by atoms with Crippen molar-refractivity contribution in [3.05, 3.63) is 58.9 Å². The lowest BCUT2D eigenvalue weighted by atomic mass is 10.1. The number of aromatic amines is 2. The topological polar surface area (TPSA) is 150 Å². The van der Waals surface area contributed by atoms with Gasteiger partial charge in [0.15, 0.2) is 5.72 Å². The van der Waals surface area contributed by atoms with Gasteiger partial charge in [-0.25, -0.2) is 9.97 Å². The molecule has 0 spiro atoms. The van der Waals surface area contributed by atoms with Crippen LogP contribution in [0.5, 0.6) is 0 Å². The molecule has 0 aliphatic carbocycles. The third kappa shape index (κ3) is 4.19. The average molecular weight is 502 g/mol. The number of rotatable bonds is 6. The number of anilines is 2. The van der Waals surface area contributed by atoms with Gasteiger partial charge in [0.05, 0.1) is 47.3 Å². The zero-order valence-electron chi connectivity index (χ0n) is 20.5. The van der Waals surface area contributed by atoms with Crippen LogP contribution < -0.4 is 15.8 Å². The minimum absolute atomic E-state index is 0.231. The van der Waals surface area contributed by atoms with E-state index in [4.69, 9.17) is 9.72 Å². The van der Waals surface area contributed by atoms with Gasteiger partial charge < -0.3 is 30.0 Å². The maximum absolute atomic E-state index is 13.4. The molecule has 4 N–H and O–H groups in total. The minimum Gasteiger partial charge on any atom is -0.378 e. The fourth-order valence-corrected chi connectivity index (χ4v) is 4.56. The summed E-state index contributed by atoms with van der Waals surface area (Å²) in [5.41, 5.74) is 1.42. The first-order chi connectivity index (χ1) is 17.9. The number of ether oxygens (including phenoxy) is 1. The number of H-pyrrole nitrogens is 2. The molecular formula is C25H27N9O3. The molecule has 6 heterocycles. The third-order valence-corrected chi connectivity index (χ3v) is 6.50. The summed E-state index contributed by atoms with van der Waals surface area (Å²) < 4.78 is 7.17. The van der Waals surface area contributed by atoms with Gasteiger partial charge in [0.1, 0.15) is 22.7 Å². The molecule has 0 radical (unpaired) electrons. The fraction of sp³-hybridized carbons (Fsp3) is 0.320. The summed E-state index contributed by atoms with van der Waals surface area (Å²) in [5, 5.41) is 19.1. The Hall–Kier alpha value is -4.29. The van der Waals surface area contributed by atoms with E-state index in [1.54, 1.807) is 48.4 Å². The third-order valence-electron chi connectivity index (χ3n) is 6.50. The van der Waals surface area contributed by atoms with Gasteiger partial charge in [-0.2, -0.15) is 5.10 Å². The van der Waals surface area contributed by atoms with Crippen LogP contribution in [-0.4, -0.2) is 66.1 Å². The van der Waals surface area contributed by atoms with E-state index in [2.05, 4.69) is 35.3 Å². The molecule has 5 aromatic rings. The molecule has 1 saturated heterocycles. The van der Waals surface area contributed by atoms with Gasteiger partial charge in [-0.05, 0) is 26.0 Å². The van der Waals surface area contributed by atoms with Crippen molar-refractivity contribution in [2.75, 3.05) is 36.5 Å². The highest BCUT2D eigenvalue weighted by atomic mass is 16.5. The SMILES string of the molecule is CCn1cc2[nH]c(=O)c(-c3nc4cc(N5CCOCC5)ncc4[nH]3)c(NC(C)(O)c3ccccn3)c2n1. The van der Waals surface area contributed by atoms with Crippen LogP contribution in [0.3, 0.4) is 0 Å². The zero-order valence-corrected chi connectivity index (χ0v) is 20.5. The van der Waals surface area contributed by atoms with E-state index in [1.807, 2.05) is 13.0 Å². The molecule has 1 aliphatic rings. The van der Waals surface area contributed by atoms with Crippen LogP contribution in [0.15, 0.2) is 47.7 Å². The smallest absolute Gasteiger partial charge is 0.261 e. The van der Waals surface area contributed by atoms with Crippen LogP contribution in [0.25, 0.3) is 33.5 Å². The van der Waals surface area contributed by atoms with E-state index in [-0.39, 0.29) is 11.1 Å². The van der Waals surface area contributed by atoms with Crippen molar-refractivity contribution in [1.29, 1.82) is 0 Å². The first-order valence-corrected chi connectivity index (χ1v) is 12.2. The van der Waals surface area contributed by atoms with Crippen LogP contribution >= 0.6 is 0 Å². The van der Waals surface area contributed by atoms with Gasteiger partial charge >= 0.3 is 0 Å². The maximum atomic E-state index is 13.4. The van der Waals surface area contributed by atoms with Crippen molar-refractivity contribution in [3.63, 3.8) is 0 Å². The van der Waals surface area contributed by atoms with Crippen molar-refractivity contribution in [2.45, 2.75) is 26.1 Å². The molecule has 37 heavy (non-hydrogen) atoms. The van der Waals surface area contributed by atoms with E-state index in [0.29, 0.717) is 59.0 Å². The highest BCUT2D eigenvalue weighted by Crippen LogP contribution is 2.34. The van der Waals surface area contributed by atoms with Gasteiger partial charge in [-0.1, -0.05) is 6.07 Å². The fourth-order valence-electron chi connectivity index (χ4n) is 4.56. The van der Waals surface area contributed by atoms with Gasteiger partial charge in [-0.15, -0.1) is 0 Å². The molecule has 190 valence electrons. The maximum Gasteiger partial charge on any atom is 0.261 e. The number of aromatic nitrogens is 7. The lowest BCUT2D eigenvalue weighted by molar-refractivity contribution is 0.0842. The van der Waals surface area contributed by atoms with Gasteiger partial charge in [0, 0.05) is 38.1 Å². The molecule has 0 aromatic carbocycles. The molecule has 0 saturated carbocycles. The van der Waals surface area contributed by atoms with Crippen LogP contribution in [0.2, 0.25) is 0 Å². The molecule has 1 fully saturated rings. The Morgan fingerprint density at radius 1 is 1.19 bits per heavy atom. The highest BCUT2D eigenvalue weighted by Gasteiger charge is 2.29. The molecule has 5 aromatic heterocycles. The summed E-state index contributed by atoms with van der Waals surface area (Å²) in [6, 6.07) is 7.17. The molecule has 1 aliphatic heterocycles. The van der Waals surface area contributed by atoms with E-state index < -0.39 is 5.72 Å². The summed E-state index contributed by atoms with van der Waals surface area (Å²) in [6.45, 7) is 6.96. The number of pyridine rings is 3. The second-order valence-electron chi connectivity index (χ2n) is 9.11. The standard InChI is InChI=1S/C25H27N9O3/c1-3-34-14-17-21(32-34)22(31-25(2,36)18-6-4-5-7-26-18)20(24(35)30-17)23-28-15-12-19(27-13-16(15)29-23)33-8-10-37-11-9-33/h4-7,12-14,31,36H,3,8-11H2,1-2H3,(H,28,29)(H,30,35). The normalized spacial score (nSPS) is 15.8. The Kier molecular flexibility index (Phi) is 5.61. The molecular weight excluding hydrogens is 474 g/mol. The van der Waals surface area contributed by atoms with Gasteiger partial charge in [-0.3, -0.25) is 14.5 Å². The van der Waals surface area contributed by atoms with Crippen molar-refractivity contribution in [2.24, 2.45) is 0 Å². The number of imidazole rings is 1. The highest BCUT2D eigenvalue weighted by molar-refractivity contribution is 5.96. The minimum atomic E-state index is -1.59. The van der Waals surface area contributed by atoms with Crippen LogP contribution in [0.1, 0.15) is 19.5 Å². The van der Waals surface area contributed by atoms with Crippen molar-refractivity contribution < 1.29 is 9.84 Å². The molecule has 12 nitrogen and oxygen atoms in total. The second-order valence-corrected chi connectivity index (χ2v) is 9.11. The Morgan fingerprint density at radius 3 is 2.78 bits per heavy atom. The number of nitrogens with one attached hydrogen (secondary N) is 3. The number of fused-ring (bicyclic) bond motifs is 2. The number of hydrogen-bond acceptors (Lipinski definition) is 9. The number of aryl methyl sites for hydroxylation is 1. The first-order valence-electron chi connectivity index (χ1n) is 12.2. The van der Waals surface area contributed by atoms with Crippen LogP contribution in [0, 0.1) is 0 Å². The Morgan fingerprint density at radius 2 is 2.03 bits per heavy atom. The van der Waals surface area contributed by atoms with E-state index in [1.165, 1.54) is 0 Å². The summed E-state index contributed by atoms with van der Waals surface area (Å²) in [4.78, 5) is 35.3. The predicted octanol–water partition coefficient (Wildman–Crippen LogP) is 2.19. The second kappa shape index (κ2) is 8.98. The number of aliphatic hydroxyl groups is 1. The van der Waals surface area contributed by atoms with Crippen LogP contribution in [0.4, 0.5) is 11.5 Å². The van der Waals surface area contributed by atoms with Crippen molar-refractivity contribution in [1.82, 2.24) is 34.7 Å². The first kappa shape index (κ1) is 23.1. The Labute approximate surface area is 211 Å². The Bertz CT molecular complexity index is 1630. The summed E-state index contributed by atoms with van der Waals surface area (Å²) in [5.74, 6) is 1.14. The molecule has 0 amide bonds. The molecule has 0 bridgehead atoms. The van der Waals surface area contributed by atoms with E-state index in [0.717, 1.165) is 18.9 Å². The lowest BCUT2D eigenvalue weighted by Crippen LogP contribution is -2.36. The van der Waals surface area contributed by atoms with E-state index in [9.17, 15) is 9.90 Å². The van der Waals surface area contributed by atoms with Crippen molar-refractivity contribution >= 4 is 33.6 Å². The summed E-state index contributed by atoms with van der Waals surface area (Å²) >= 11 is 0. The van der Waals surface area contributed by atoms with Crippen LogP contribution in [-0.2, 0) is 17.0 Å². The molecule has 6 rings (SSSR count). The average Bonchev–Trinajstić information content (AvgIpc) is 3.53. The largest absolute Gasteiger partial charge is 0.378 e. The zero-order chi connectivity index (χ0) is 25.6.